The summed E-state index contributed by atoms with van der Waals surface area (Å²) < 4.78 is 18.3. The van der Waals surface area contributed by atoms with Crippen molar-refractivity contribution in [2.24, 2.45) is 0 Å². The van der Waals surface area contributed by atoms with Crippen molar-refractivity contribution in [1.82, 2.24) is 0 Å². The van der Waals surface area contributed by atoms with Crippen LogP contribution in [0.5, 0.6) is 0 Å². The van der Waals surface area contributed by atoms with Crippen molar-refractivity contribution in [3.63, 3.8) is 0 Å². The van der Waals surface area contributed by atoms with Crippen molar-refractivity contribution in [3.05, 3.63) is 106 Å². The fraction of sp³-hybridized carbons (Fsp3) is 0.143. The SMILES string of the molecule is CCOC(=O)c1ccc(C[C@@H]2S/C(=C(/C#N)C(=O)Nc3ccc(F)cc3)N(c3ccccc3)C2=O)cc1. The molecule has 1 heterocycles. The molecule has 0 aliphatic carbocycles. The second-order valence-corrected chi connectivity index (χ2v) is 9.18. The second-order valence-electron chi connectivity index (χ2n) is 7.99. The van der Waals surface area contributed by atoms with E-state index >= 15 is 0 Å². The Hall–Kier alpha value is -4.42. The number of para-hydroxylation sites is 1. The Bertz CT molecular complexity index is 1380. The Morgan fingerprint density at radius 1 is 1.05 bits per heavy atom. The van der Waals surface area contributed by atoms with Gasteiger partial charge in [-0.25, -0.2) is 9.18 Å². The first-order valence-electron chi connectivity index (χ1n) is 11.4. The summed E-state index contributed by atoms with van der Waals surface area (Å²) in [6, 6.07) is 22.7. The monoisotopic (exact) mass is 515 g/mol. The Kier molecular flexibility index (Phi) is 8.01. The summed E-state index contributed by atoms with van der Waals surface area (Å²) in [6.45, 7) is 2.00. The number of ether oxygens (including phenoxy) is 1. The highest BCUT2D eigenvalue weighted by Crippen LogP contribution is 2.42. The molecule has 0 saturated carbocycles. The number of nitriles is 1. The Morgan fingerprint density at radius 2 is 1.73 bits per heavy atom. The molecule has 0 unspecified atom stereocenters. The van der Waals surface area contributed by atoms with Gasteiger partial charge in [-0.15, -0.1) is 0 Å². The molecule has 7 nitrogen and oxygen atoms in total. The topological polar surface area (TPSA) is 99.5 Å². The van der Waals surface area contributed by atoms with Crippen molar-refractivity contribution < 1.29 is 23.5 Å². The molecule has 1 aliphatic rings. The van der Waals surface area contributed by atoms with E-state index in [0.29, 0.717) is 23.4 Å². The van der Waals surface area contributed by atoms with Crippen LogP contribution in [0.4, 0.5) is 15.8 Å². The summed E-state index contributed by atoms with van der Waals surface area (Å²) in [5.74, 6) is -1.86. The molecular formula is C28H22FN3O4S. The highest BCUT2D eigenvalue weighted by atomic mass is 32.2. The van der Waals surface area contributed by atoms with Crippen molar-refractivity contribution in [2.75, 3.05) is 16.8 Å². The summed E-state index contributed by atoms with van der Waals surface area (Å²) in [6.07, 6.45) is 0.317. The van der Waals surface area contributed by atoms with Crippen LogP contribution in [0.1, 0.15) is 22.8 Å². The molecule has 37 heavy (non-hydrogen) atoms. The fourth-order valence-electron chi connectivity index (χ4n) is 3.73. The largest absolute Gasteiger partial charge is 0.462 e. The van der Waals surface area contributed by atoms with E-state index in [-0.39, 0.29) is 23.1 Å². The molecule has 0 spiro atoms. The third kappa shape index (κ3) is 5.88. The van der Waals surface area contributed by atoms with E-state index in [2.05, 4.69) is 5.32 Å². The van der Waals surface area contributed by atoms with E-state index < -0.39 is 22.9 Å². The third-order valence-corrected chi connectivity index (χ3v) is 6.77. The van der Waals surface area contributed by atoms with Crippen molar-refractivity contribution in [3.8, 4) is 6.07 Å². The van der Waals surface area contributed by atoms with Gasteiger partial charge in [0.2, 0.25) is 5.91 Å². The smallest absolute Gasteiger partial charge is 0.338 e. The summed E-state index contributed by atoms with van der Waals surface area (Å²) in [4.78, 5) is 39.9. The quantitative estimate of drug-likeness (QED) is 0.268. The van der Waals surface area contributed by atoms with Gasteiger partial charge in [0.25, 0.3) is 5.91 Å². The predicted molar refractivity (Wildman–Crippen MR) is 139 cm³/mol. The fourth-order valence-corrected chi connectivity index (χ4v) is 5.04. The lowest BCUT2D eigenvalue weighted by Gasteiger charge is -2.18. The van der Waals surface area contributed by atoms with Crippen LogP contribution in [-0.2, 0) is 20.7 Å². The first-order valence-corrected chi connectivity index (χ1v) is 12.3. The van der Waals surface area contributed by atoms with Crippen LogP contribution >= 0.6 is 11.8 Å². The lowest BCUT2D eigenvalue weighted by molar-refractivity contribution is -0.117. The van der Waals surface area contributed by atoms with Gasteiger partial charge >= 0.3 is 5.97 Å². The van der Waals surface area contributed by atoms with Crippen LogP contribution in [0.3, 0.4) is 0 Å². The van der Waals surface area contributed by atoms with E-state index in [1.54, 1.807) is 61.5 Å². The zero-order valence-electron chi connectivity index (χ0n) is 19.8. The van der Waals surface area contributed by atoms with Crippen LogP contribution in [0.15, 0.2) is 89.5 Å². The molecule has 3 aromatic carbocycles. The van der Waals surface area contributed by atoms with Crippen molar-refractivity contribution >= 4 is 40.9 Å². The number of benzene rings is 3. The molecule has 0 bridgehead atoms. The number of rotatable bonds is 7. The standard InChI is InChI=1S/C28H22FN3O4S/c1-2-36-28(35)19-10-8-18(9-11-19)16-24-26(34)32(22-6-4-3-5-7-22)27(37-24)23(17-30)25(33)31-21-14-12-20(29)13-15-21/h3-15,24H,2,16H2,1H3,(H,31,33)/b27-23-/t24-/m0/s1. The number of hydrogen-bond donors (Lipinski definition) is 1. The van der Waals surface area contributed by atoms with Gasteiger partial charge in [-0.05, 0) is 67.4 Å². The number of nitrogens with one attached hydrogen (secondary N) is 1. The van der Waals surface area contributed by atoms with Gasteiger partial charge in [0, 0.05) is 11.4 Å². The van der Waals surface area contributed by atoms with E-state index in [4.69, 9.17) is 4.74 Å². The normalized spacial score (nSPS) is 16.2. The highest BCUT2D eigenvalue weighted by molar-refractivity contribution is 8.05. The average molecular weight is 516 g/mol. The average Bonchev–Trinajstić information content (AvgIpc) is 3.22. The third-order valence-electron chi connectivity index (χ3n) is 5.51. The molecule has 2 amide bonds. The van der Waals surface area contributed by atoms with Crippen LogP contribution in [0.25, 0.3) is 0 Å². The van der Waals surface area contributed by atoms with E-state index in [1.807, 2.05) is 6.07 Å². The number of halogens is 1. The number of anilines is 2. The van der Waals surface area contributed by atoms with Gasteiger partial charge in [-0.3, -0.25) is 14.5 Å². The molecule has 186 valence electrons. The zero-order chi connectivity index (χ0) is 26.4. The molecule has 0 aromatic heterocycles. The molecule has 0 radical (unpaired) electrons. The molecule has 1 saturated heterocycles. The summed E-state index contributed by atoms with van der Waals surface area (Å²) in [5.41, 5.74) is 1.83. The van der Waals surface area contributed by atoms with Crippen LogP contribution in [0.2, 0.25) is 0 Å². The molecule has 9 heteroatoms. The number of nitrogens with zero attached hydrogens (tertiary/aromatic N) is 2. The number of carbonyl (C=O) groups excluding carboxylic acids is 3. The Balaban J connectivity index is 1.64. The molecule has 1 aliphatic heterocycles. The van der Waals surface area contributed by atoms with Gasteiger partial charge < -0.3 is 10.1 Å². The van der Waals surface area contributed by atoms with Crippen LogP contribution < -0.4 is 10.2 Å². The van der Waals surface area contributed by atoms with Gasteiger partial charge in [0.05, 0.1) is 17.4 Å². The number of hydrogen-bond acceptors (Lipinski definition) is 6. The number of carbonyl (C=O) groups is 3. The minimum Gasteiger partial charge on any atom is -0.462 e. The summed E-state index contributed by atoms with van der Waals surface area (Å²) in [7, 11) is 0. The molecule has 1 fully saturated rings. The van der Waals surface area contributed by atoms with E-state index in [9.17, 15) is 24.0 Å². The van der Waals surface area contributed by atoms with Gasteiger partial charge in [0.15, 0.2) is 0 Å². The van der Waals surface area contributed by atoms with Crippen LogP contribution in [-0.4, -0.2) is 29.6 Å². The van der Waals surface area contributed by atoms with Gasteiger partial charge in [-0.2, -0.15) is 5.26 Å². The highest BCUT2D eigenvalue weighted by Gasteiger charge is 2.40. The molecule has 3 aromatic rings. The first kappa shape index (κ1) is 25.7. The Labute approximate surface area is 217 Å². The maximum absolute atomic E-state index is 13.5. The zero-order valence-corrected chi connectivity index (χ0v) is 20.6. The van der Waals surface area contributed by atoms with Gasteiger partial charge in [-0.1, -0.05) is 42.1 Å². The minimum absolute atomic E-state index is 0.214. The first-order chi connectivity index (χ1) is 17.9. The summed E-state index contributed by atoms with van der Waals surface area (Å²) in [5, 5.41) is 12.1. The van der Waals surface area contributed by atoms with Crippen LogP contribution in [0, 0.1) is 17.1 Å². The molecule has 1 atom stereocenters. The lowest BCUT2D eigenvalue weighted by Crippen LogP contribution is -2.30. The maximum Gasteiger partial charge on any atom is 0.338 e. The lowest BCUT2D eigenvalue weighted by atomic mass is 10.1. The maximum atomic E-state index is 13.5. The molecule has 1 N–H and O–H groups in total. The Morgan fingerprint density at radius 3 is 2.35 bits per heavy atom. The molecule has 4 rings (SSSR count). The molecular weight excluding hydrogens is 493 g/mol. The van der Waals surface area contributed by atoms with Crippen molar-refractivity contribution in [1.29, 1.82) is 5.26 Å². The number of esters is 1. The number of amides is 2. The van der Waals surface area contributed by atoms with E-state index in [1.165, 1.54) is 29.2 Å². The van der Waals surface area contributed by atoms with Gasteiger partial charge in [0.1, 0.15) is 22.5 Å². The minimum atomic E-state index is -0.704. The van der Waals surface area contributed by atoms with E-state index in [0.717, 1.165) is 17.3 Å². The van der Waals surface area contributed by atoms with Crippen molar-refractivity contribution in [2.45, 2.75) is 18.6 Å². The summed E-state index contributed by atoms with van der Waals surface area (Å²) >= 11 is 1.13. The number of thioether (sulfide) groups is 1. The predicted octanol–water partition coefficient (Wildman–Crippen LogP) is 5.07. The second kappa shape index (κ2) is 11.5.